The van der Waals surface area contributed by atoms with Crippen LogP contribution in [0.5, 0.6) is 0 Å². The van der Waals surface area contributed by atoms with Gasteiger partial charge in [0.1, 0.15) is 0 Å². The Balaban J connectivity index is 1.03. The quantitative estimate of drug-likeness (QED) is 0.140. The number of hydrogen-bond acceptors (Lipinski definition) is 1. The van der Waals surface area contributed by atoms with Gasteiger partial charge in [-0.05, 0) is 132 Å². The molecule has 0 aromatic heterocycles. The average molecular weight is 902 g/mol. The van der Waals surface area contributed by atoms with Crippen molar-refractivity contribution in [2.24, 2.45) is 0 Å². The fourth-order valence-corrected chi connectivity index (χ4v) is 12.1. The van der Waals surface area contributed by atoms with Gasteiger partial charge in [-0.3, -0.25) is 0 Å². The maximum absolute atomic E-state index is 2.52. The Hall–Kier alpha value is -7.74. The number of anilines is 3. The predicted octanol–water partition coefficient (Wildman–Crippen LogP) is 19.0. The molecular weight excluding hydrogens is 843 g/mol. The van der Waals surface area contributed by atoms with E-state index in [-0.39, 0.29) is 5.41 Å². The largest absolute Gasteiger partial charge is 0.309 e. The number of benzene rings is 10. The summed E-state index contributed by atoms with van der Waals surface area (Å²) in [7, 11) is 0. The van der Waals surface area contributed by atoms with Crippen molar-refractivity contribution in [3.05, 3.63) is 270 Å². The Bertz CT molecular complexity index is 3430. The summed E-state index contributed by atoms with van der Waals surface area (Å²) in [5.41, 5.74) is 20.9. The first kappa shape index (κ1) is 43.5. The first-order valence-corrected chi connectivity index (χ1v) is 25.4. The normalized spacial score (nSPS) is 14.3. The van der Waals surface area contributed by atoms with Crippen molar-refractivity contribution in [3.63, 3.8) is 0 Å². The van der Waals surface area contributed by atoms with Crippen LogP contribution in [-0.2, 0) is 10.8 Å². The van der Waals surface area contributed by atoms with E-state index in [1.54, 1.807) is 0 Å². The SMILES string of the molecule is CC(C)(C)c1ccc(-c2ccccc2N(c2ccc(-c3ccc4c(c3)C(c3ccccc3)(c3ccccc3)c3ccccc3-4)cc2)c2ccccc2-c2cccc3cccc(C4CCCCC4)c23)cc1. The zero-order chi connectivity index (χ0) is 47.2. The van der Waals surface area contributed by atoms with Crippen LogP contribution in [0.2, 0.25) is 0 Å². The van der Waals surface area contributed by atoms with Crippen LogP contribution in [0, 0.1) is 0 Å². The molecule has 0 N–H and O–H groups in total. The standard InChI is InChI=1S/C69H59N/c1-68(2,3)53-42-37-50(38-43-53)57-29-14-17-35-65(57)70(66-36-18-15-31-61(66)62-33-20-24-51-23-19-32-58(67(51)62)49-21-7-4-8-22-49)56-44-39-48(40-45-56)52-41-46-60-59-30-13-16-34-63(59)69(64(60)47-52,54-25-9-5-10-26-54)55-27-11-6-12-28-55/h5-6,9-20,23-47,49H,4,7-8,21-22H2,1-3H3. The van der Waals surface area contributed by atoms with E-state index in [9.17, 15) is 0 Å². The van der Waals surface area contributed by atoms with Crippen LogP contribution in [-0.4, -0.2) is 0 Å². The molecule has 10 aromatic carbocycles. The minimum absolute atomic E-state index is 0.0626. The van der Waals surface area contributed by atoms with Crippen molar-refractivity contribution < 1.29 is 0 Å². The third kappa shape index (κ3) is 7.47. The van der Waals surface area contributed by atoms with Crippen molar-refractivity contribution in [2.45, 2.75) is 69.6 Å². The van der Waals surface area contributed by atoms with Gasteiger partial charge in [0.15, 0.2) is 0 Å². The average Bonchev–Trinajstić information content (AvgIpc) is 3.72. The molecule has 10 aromatic rings. The third-order valence-corrected chi connectivity index (χ3v) is 15.5. The first-order valence-electron chi connectivity index (χ1n) is 25.4. The summed E-state index contributed by atoms with van der Waals surface area (Å²) in [4.78, 5) is 2.52. The van der Waals surface area contributed by atoms with E-state index >= 15 is 0 Å². The van der Waals surface area contributed by atoms with Gasteiger partial charge < -0.3 is 4.90 Å². The zero-order valence-corrected chi connectivity index (χ0v) is 40.6. The van der Waals surface area contributed by atoms with Gasteiger partial charge in [-0.15, -0.1) is 0 Å². The van der Waals surface area contributed by atoms with Gasteiger partial charge in [-0.25, -0.2) is 0 Å². The number of fused-ring (bicyclic) bond motifs is 4. The summed E-state index contributed by atoms with van der Waals surface area (Å²) >= 11 is 0. The maximum atomic E-state index is 2.52. The van der Waals surface area contributed by atoms with Crippen LogP contribution in [0.15, 0.2) is 237 Å². The van der Waals surface area contributed by atoms with Crippen LogP contribution in [0.1, 0.15) is 92.2 Å². The topological polar surface area (TPSA) is 3.24 Å². The van der Waals surface area contributed by atoms with Crippen LogP contribution in [0.4, 0.5) is 17.1 Å². The molecule has 1 nitrogen and oxygen atoms in total. The molecule has 12 rings (SSSR count). The fraction of sp³-hybridized carbons (Fsp3) is 0.159. The van der Waals surface area contributed by atoms with E-state index in [4.69, 9.17) is 0 Å². The Kier molecular flexibility index (Phi) is 11.2. The van der Waals surface area contributed by atoms with Gasteiger partial charge in [0.25, 0.3) is 0 Å². The van der Waals surface area contributed by atoms with E-state index in [0.717, 1.165) is 17.1 Å². The lowest BCUT2D eigenvalue weighted by Crippen LogP contribution is -2.28. The zero-order valence-electron chi connectivity index (χ0n) is 40.6. The van der Waals surface area contributed by atoms with Gasteiger partial charge in [0, 0.05) is 16.8 Å². The van der Waals surface area contributed by atoms with Crippen molar-refractivity contribution in [3.8, 4) is 44.5 Å². The summed E-state index contributed by atoms with van der Waals surface area (Å²) in [5.74, 6) is 0.574. The lowest BCUT2D eigenvalue weighted by atomic mass is 9.67. The second-order valence-corrected chi connectivity index (χ2v) is 20.6. The molecule has 0 unspecified atom stereocenters. The molecule has 1 saturated carbocycles. The van der Waals surface area contributed by atoms with Crippen LogP contribution < -0.4 is 4.90 Å². The smallest absolute Gasteiger partial charge is 0.0713 e. The lowest BCUT2D eigenvalue weighted by Gasteiger charge is -2.34. The van der Waals surface area contributed by atoms with Crippen LogP contribution in [0.25, 0.3) is 55.3 Å². The Morgan fingerprint density at radius 3 is 1.60 bits per heavy atom. The van der Waals surface area contributed by atoms with E-state index in [1.165, 1.54) is 121 Å². The summed E-state index contributed by atoms with van der Waals surface area (Å²) in [5, 5.41) is 2.71. The van der Waals surface area contributed by atoms with Gasteiger partial charge >= 0.3 is 0 Å². The molecule has 0 heterocycles. The Morgan fingerprint density at radius 2 is 0.929 bits per heavy atom. The molecule has 0 radical (unpaired) electrons. The van der Waals surface area contributed by atoms with Crippen molar-refractivity contribution in [2.75, 3.05) is 4.90 Å². The van der Waals surface area contributed by atoms with Gasteiger partial charge in [0.2, 0.25) is 0 Å². The molecule has 70 heavy (non-hydrogen) atoms. The van der Waals surface area contributed by atoms with Crippen molar-refractivity contribution >= 4 is 27.8 Å². The summed E-state index contributed by atoms with van der Waals surface area (Å²) < 4.78 is 0. The summed E-state index contributed by atoms with van der Waals surface area (Å²) in [6.45, 7) is 6.86. The van der Waals surface area contributed by atoms with Crippen LogP contribution >= 0.6 is 0 Å². The summed E-state index contributed by atoms with van der Waals surface area (Å²) in [6.07, 6.45) is 6.46. The van der Waals surface area contributed by atoms with Crippen LogP contribution in [0.3, 0.4) is 0 Å². The lowest BCUT2D eigenvalue weighted by molar-refractivity contribution is 0.445. The second kappa shape index (κ2) is 18.0. The molecule has 0 amide bonds. The number of rotatable bonds is 9. The van der Waals surface area contributed by atoms with Gasteiger partial charge in [-0.2, -0.15) is 0 Å². The van der Waals surface area contributed by atoms with E-state index in [2.05, 4.69) is 262 Å². The van der Waals surface area contributed by atoms with Crippen molar-refractivity contribution in [1.82, 2.24) is 0 Å². The molecule has 0 aliphatic heterocycles. The van der Waals surface area contributed by atoms with E-state index in [0.29, 0.717) is 5.92 Å². The first-order chi connectivity index (χ1) is 34.4. The van der Waals surface area contributed by atoms with E-state index < -0.39 is 5.41 Å². The summed E-state index contributed by atoms with van der Waals surface area (Å²) in [6, 6.07) is 89.0. The Morgan fingerprint density at radius 1 is 0.400 bits per heavy atom. The molecule has 1 heteroatoms. The van der Waals surface area contributed by atoms with Gasteiger partial charge in [-0.1, -0.05) is 246 Å². The molecule has 2 aliphatic rings. The highest BCUT2D eigenvalue weighted by atomic mass is 15.1. The number of para-hydroxylation sites is 2. The predicted molar refractivity (Wildman–Crippen MR) is 297 cm³/mol. The number of hydrogen-bond donors (Lipinski definition) is 0. The van der Waals surface area contributed by atoms with E-state index in [1.807, 2.05) is 0 Å². The minimum atomic E-state index is -0.460. The highest BCUT2D eigenvalue weighted by Crippen LogP contribution is 2.57. The highest BCUT2D eigenvalue weighted by Gasteiger charge is 2.46. The maximum Gasteiger partial charge on any atom is 0.0713 e. The third-order valence-electron chi connectivity index (χ3n) is 15.5. The molecule has 0 atom stereocenters. The molecule has 0 spiro atoms. The Labute approximate surface area is 414 Å². The molecule has 340 valence electrons. The van der Waals surface area contributed by atoms with Gasteiger partial charge in [0.05, 0.1) is 16.8 Å². The molecule has 0 saturated heterocycles. The molecular formula is C69H59N. The van der Waals surface area contributed by atoms with Crippen molar-refractivity contribution in [1.29, 1.82) is 0 Å². The molecule has 1 fully saturated rings. The highest BCUT2D eigenvalue weighted by molar-refractivity contribution is 6.04. The fourth-order valence-electron chi connectivity index (χ4n) is 12.1. The number of nitrogens with zero attached hydrogens (tertiary/aromatic N) is 1. The second-order valence-electron chi connectivity index (χ2n) is 20.6. The molecule has 0 bridgehead atoms. The molecule has 2 aliphatic carbocycles. The monoisotopic (exact) mass is 901 g/mol. The minimum Gasteiger partial charge on any atom is -0.309 e.